The Morgan fingerprint density at radius 1 is 1.40 bits per heavy atom. The first kappa shape index (κ1) is 9.64. The predicted octanol–water partition coefficient (Wildman–Crippen LogP) is 1.35. The first-order chi connectivity index (χ1) is 7.00. The molecule has 0 aliphatic heterocycles. The Kier molecular flexibility index (Phi) is 1.96. The number of fused-ring (bicyclic) bond motifs is 1. The van der Waals surface area contributed by atoms with Crippen LogP contribution in [0.15, 0.2) is 6.07 Å². The van der Waals surface area contributed by atoms with Crippen LogP contribution in [-0.2, 0) is 0 Å². The maximum Gasteiger partial charge on any atom is 0.341 e. The van der Waals surface area contributed by atoms with Crippen LogP contribution in [0.25, 0.3) is 5.65 Å². The standard InChI is InChI=1S/C10H11N3O2/c1-5-4-6(2)13-9(11-5)8(10(14)15)7(3)12-13/h4H,1-3H3,(H,14,15). The van der Waals surface area contributed by atoms with Crippen molar-refractivity contribution in [1.29, 1.82) is 0 Å². The monoisotopic (exact) mass is 205 g/mol. The van der Waals surface area contributed by atoms with Gasteiger partial charge in [0.1, 0.15) is 5.56 Å². The normalized spacial score (nSPS) is 10.9. The smallest absolute Gasteiger partial charge is 0.341 e. The van der Waals surface area contributed by atoms with Crippen molar-refractivity contribution in [3.63, 3.8) is 0 Å². The maximum absolute atomic E-state index is 11.0. The van der Waals surface area contributed by atoms with Crippen LogP contribution in [0.4, 0.5) is 0 Å². The van der Waals surface area contributed by atoms with Crippen LogP contribution >= 0.6 is 0 Å². The van der Waals surface area contributed by atoms with E-state index in [4.69, 9.17) is 5.11 Å². The lowest BCUT2D eigenvalue weighted by Gasteiger charge is -2.00. The summed E-state index contributed by atoms with van der Waals surface area (Å²) in [6, 6.07) is 1.87. The number of carboxylic acids is 1. The van der Waals surface area contributed by atoms with Crippen molar-refractivity contribution in [2.75, 3.05) is 0 Å². The van der Waals surface area contributed by atoms with Crippen molar-refractivity contribution in [1.82, 2.24) is 14.6 Å². The van der Waals surface area contributed by atoms with Gasteiger partial charge in [-0.3, -0.25) is 0 Å². The molecule has 0 radical (unpaired) electrons. The van der Waals surface area contributed by atoms with Crippen LogP contribution in [0.1, 0.15) is 27.4 Å². The summed E-state index contributed by atoms with van der Waals surface area (Å²) in [5.74, 6) is -0.986. The van der Waals surface area contributed by atoms with Gasteiger partial charge in [0.2, 0.25) is 0 Å². The number of hydrogen-bond donors (Lipinski definition) is 1. The number of carbonyl (C=O) groups is 1. The maximum atomic E-state index is 11.0. The zero-order valence-corrected chi connectivity index (χ0v) is 8.77. The molecule has 0 aliphatic rings. The highest BCUT2D eigenvalue weighted by Gasteiger charge is 2.18. The number of carboxylic acid groups (broad SMARTS) is 1. The van der Waals surface area contributed by atoms with Crippen LogP contribution in [-0.4, -0.2) is 25.7 Å². The molecule has 0 saturated heterocycles. The molecule has 5 heteroatoms. The summed E-state index contributed by atoms with van der Waals surface area (Å²) in [5.41, 5.74) is 2.76. The molecular formula is C10H11N3O2. The van der Waals surface area contributed by atoms with E-state index < -0.39 is 5.97 Å². The van der Waals surface area contributed by atoms with Gasteiger partial charge in [0.25, 0.3) is 0 Å². The van der Waals surface area contributed by atoms with Gasteiger partial charge in [0.15, 0.2) is 5.65 Å². The van der Waals surface area contributed by atoms with Gasteiger partial charge in [0, 0.05) is 11.4 Å². The van der Waals surface area contributed by atoms with E-state index in [-0.39, 0.29) is 5.56 Å². The summed E-state index contributed by atoms with van der Waals surface area (Å²) in [7, 11) is 0. The summed E-state index contributed by atoms with van der Waals surface area (Å²) < 4.78 is 1.56. The molecule has 2 aromatic heterocycles. The highest BCUT2D eigenvalue weighted by atomic mass is 16.4. The zero-order valence-electron chi connectivity index (χ0n) is 8.77. The van der Waals surface area contributed by atoms with Crippen LogP contribution in [0.5, 0.6) is 0 Å². The highest BCUT2D eigenvalue weighted by molar-refractivity contribution is 5.95. The van der Waals surface area contributed by atoms with Crippen LogP contribution in [0, 0.1) is 20.8 Å². The van der Waals surface area contributed by atoms with E-state index in [0.717, 1.165) is 11.4 Å². The summed E-state index contributed by atoms with van der Waals surface area (Å²) in [6.45, 7) is 5.38. The molecule has 0 fully saturated rings. The van der Waals surface area contributed by atoms with Crippen molar-refractivity contribution >= 4 is 11.6 Å². The summed E-state index contributed by atoms with van der Waals surface area (Å²) in [6.07, 6.45) is 0. The molecule has 0 amide bonds. The van der Waals surface area contributed by atoms with E-state index in [0.29, 0.717) is 11.3 Å². The van der Waals surface area contributed by atoms with Gasteiger partial charge in [-0.05, 0) is 26.8 Å². The number of hydrogen-bond acceptors (Lipinski definition) is 3. The van der Waals surface area contributed by atoms with Gasteiger partial charge >= 0.3 is 5.97 Å². The average molecular weight is 205 g/mol. The van der Waals surface area contributed by atoms with E-state index in [2.05, 4.69) is 10.1 Å². The highest BCUT2D eigenvalue weighted by Crippen LogP contribution is 2.15. The van der Waals surface area contributed by atoms with Crippen molar-refractivity contribution in [3.8, 4) is 0 Å². The fraction of sp³-hybridized carbons (Fsp3) is 0.300. The number of rotatable bonds is 1. The van der Waals surface area contributed by atoms with Gasteiger partial charge in [-0.15, -0.1) is 0 Å². The van der Waals surface area contributed by atoms with Crippen LogP contribution < -0.4 is 0 Å². The topological polar surface area (TPSA) is 67.5 Å². The Hall–Kier alpha value is -1.91. The van der Waals surface area contributed by atoms with Gasteiger partial charge < -0.3 is 5.11 Å². The molecule has 2 aromatic rings. The van der Waals surface area contributed by atoms with Gasteiger partial charge in [0.05, 0.1) is 5.69 Å². The van der Waals surface area contributed by atoms with E-state index in [1.807, 2.05) is 19.9 Å². The fourth-order valence-electron chi connectivity index (χ4n) is 1.68. The third kappa shape index (κ3) is 1.36. The first-order valence-corrected chi connectivity index (χ1v) is 4.57. The molecule has 0 atom stereocenters. The molecule has 5 nitrogen and oxygen atoms in total. The summed E-state index contributed by atoms with van der Waals surface area (Å²) >= 11 is 0. The van der Waals surface area contributed by atoms with E-state index in [9.17, 15) is 4.79 Å². The molecule has 0 unspecified atom stereocenters. The molecule has 1 N–H and O–H groups in total. The number of aryl methyl sites for hydroxylation is 3. The summed E-state index contributed by atoms with van der Waals surface area (Å²) in [5, 5.41) is 13.2. The Labute approximate surface area is 86.4 Å². The minimum atomic E-state index is -0.986. The number of aromatic carboxylic acids is 1. The molecule has 0 spiro atoms. The third-order valence-corrected chi connectivity index (χ3v) is 2.28. The van der Waals surface area contributed by atoms with Crippen molar-refractivity contribution in [2.45, 2.75) is 20.8 Å². The van der Waals surface area contributed by atoms with Crippen molar-refractivity contribution in [2.24, 2.45) is 0 Å². The molecule has 2 rings (SSSR count). The lowest BCUT2D eigenvalue weighted by molar-refractivity contribution is 0.0698. The Morgan fingerprint density at radius 3 is 2.67 bits per heavy atom. The molecule has 2 heterocycles. The second-order valence-electron chi connectivity index (χ2n) is 3.54. The van der Waals surface area contributed by atoms with E-state index >= 15 is 0 Å². The molecule has 0 saturated carbocycles. The first-order valence-electron chi connectivity index (χ1n) is 4.57. The number of nitrogens with zero attached hydrogens (tertiary/aromatic N) is 3. The van der Waals surface area contributed by atoms with E-state index in [1.165, 1.54) is 0 Å². The third-order valence-electron chi connectivity index (χ3n) is 2.28. The largest absolute Gasteiger partial charge is 0.477 e. The predicted molar refractivity (Wildman–Crippen MR) is 54.2 cm³/mol. The molecular weight excluding hydrogens is 194 g/mol. The van der Waals surface area contributed by atoms with Crippen LogP contribution in [0.3, 0.4) is 0 Å². The fourth-order valence-corrected chi connectivity index (χ4v) is 1.68. The second-order valence-corrected chi connectivity index (χ2v) is 3.54. The number of aromatic nitrogens is 3. The van der Waals surface area contributed by atoms with Gasteiger partial charge in [-0.1, -0.05) is 0 Å². The minimum Gasteiger partial charge on any atom is -0.477 e. The van der Waals surface area contributed by atoms with Gasteiger partial charge in [-0.25, -0.2) is 14.3 Å². The molecule has 0 bridgehead atoms. The lowest BCUT2D eigenvalue weighted by atomic mass is 10.2. The minimum absolute atomic E-state index is 0.182. The Bertz CT molecular complexity index is 557. The Morgan fingerprint density at radius 2 is 2.07 bits per heavy atom. The van der Waals surface area contributed by atoms with E-state index in [1.54, 1.807) is 11.4 Å². The molecule has 78 valence electrons. The van der Waals surface area contributed by atoms with Gasteiger partial charge in [-0.2, -0.15) is 5.10 Å². The zero-order chi connectivity index (χ0) is 11.2. The van der Waals surface area contributed by atoms with Crippen LogP contribution in [0.2, 0.25) is 0 Å². The lowest BCUT2D eigenvalue weighted by Crippen LogP contribution is -2.01. The molecule has 15 heavy (non-hydrogen) atoms. The molecule has 0 aliphatic carbocycles. The van der Waals surface area contributed by atoms with Crippen molar-refractivity contribution < 1.29 is 9.90 Å². The second kappa shape index (κ2) is 3.05. The Balaban J connectivity index is 2.93. The summed E-state index contributed by atoms with van der Waals surface area (Å²) in [4.78, 5) is 15.2. The quantitative estimate of drug-likeness (QED) is 0.763. The SMILES string of the molecule is Cc1cc(C)n2nc(C)c(C(=O)O)c2n1. The van der Waals surface area contributed by atoms with Crippen molar-refractivity contribution in [3.05, 3.63) is 28.7 Å². The molecule has 0 aromatic carbocycles. The average Bonchev–Trinajstić information content (AvgIpc) is 2.41.